The van der Waals surface area contributed by atoms with Gasteiger partial charge in [-0.3, -0.25) is 14.5 Å². The minimum Gasteiger partial charge on any atom is -0.352 e. The van der Waals surface area contributed by atoms with Crippen LogP contribution in [-0.4, -0.2) is 58.6 Å². The lowest BCUT2D eigenvalue weighted by molar-refractivity contribution is 0.0724. The molecule has 0 atom stereocenters. The van der Waals surface area contributed by atoms with Crippen LogP contribution in [0.1, 0.15) is 66.2 Å². The van der Waals surface area contributed by atoms with Crippen LogP contribution >= 0.6 is 0 Å². The Bertz CT molecular complexity index is 893. The predicted molar refractivity (Wildman–Crippen MR) is 125 cm³/mol. The van der Waals surface area contributed by atoms with E-state index in [0.717, 1.165) is 55.3 Å². The summed E-state index contributed by atoms with van der Waals surface area (Å²) in [4.78, 5) is 21.1. The normalized spacial score (nSPS) is 14.8. The Hall–Kier alpha value is -2.83. The zero-order valence-electron chi connectivity index (χ0n) is 19.6. The number of carbonyl (C=O) groups excluding carboxylic acids is 1. The summed E-state index contributed by atoms with van der Waals surface area (Å²) >= 11 is 0. The van der Waals surface area contributed by atoms with E-state index in [1.54, 1.807) is 7.05 Å². The van der Waals surface area contributed by atoms with Crippen molar-refractivity contribution in [3.05, 3.63) is 52.8 Å². The maximum Gasteiger partial charge on any atom is 0.253 e. The minimum atomic E-state index is 0.146. The van der Waals surface area contributed by atoms with Gasteiger partial charge in [-0.2, -0.15) is 5.10 Å². The molecule has 2 heterocycles. The summed E-state index contributed by atoms with van der Waals surface area (Å²) in [6.07, 6.45) is 5.52. The van der Waals surface area contributed by atoms with E-state index in [9.17, 15) is 4.79 Å². The highest BCUT2D eigenvalue weighted by molar-refractivity contribution is 5.94. The SMILES string of the molecule is CN=C(NCc1ccc(C(=O)N2CCCCC2)cc1)N(C)Cc1cn(C)nc1C(C)C. The smallest absolute Gasteiger partial charge is 0.253 e. The van der Waals surface area contributed by atoms with Crippen LogP contribution in [0.4, 0.5) is 0 Å². The highest BCUT2D eigenvalue weighted by Gasteiger charge is 2.18. The number of aryl methyl sites for hydroxylation is 1. The number of aromatic nitrogens is 2. The van der Waals surface area contributed by atoms with Gasteiger partial charge in [0.15, 0.2) is 5.96 Å². The van der Waals surface area contributed by atoms with Crippen molar-refractivity contribution in [1.29, 1.82) is 0 Å². The lowest BCUT2D eigenvalue weighted by Crippen LogP contribution is -2.38. The van der Waals surface area contributed by atoms with Crippen LogP contribution in [0.2, 0.25) is 0 Å². The Morgan fingerprint density at radius 3 is 2.48 bits per heavy atom. The summed E-state index contributed by atoms with van der Waals surface area (Å²) in [5.41, 5.74) is 4.22. The van der Waals surface area contributed by atoms with Gasteiger partial charge in [-0.25, -0.2) is 0 Å². The van der Waals surface area contributed by atoms with E-state index in [4.69, 9.17) is 0 Å². The summed E-state index contributed by atoms with van der Waals surface area (Å²) in [6, 6.07) is 7.92. The van der Waals surface area contributed by atoms with Crippen molar-refractivity contribution < 1.29 is 4.79 Å². The van der Waals surface area contributed by atoms with Crippen molar-refractivity contribution in [2.45, 2.75) is 52.1 Å². The average molecular weight is 425 g/mol. The quantitative estimate of drug-likeness (QED) is 0.570. The fraction of sp³-hybridized carbons (Fsp3) is 0.542. The zero-order valence-corrected chi connectivity index (χ0v) is 19.6. The molecule has 1 N–H and O–H groups in total. The second-order valence-corrected chi connectivity index (χ2v) is 8.67. The Labute approximate surface area is 186 Å². The first-order valence-corrected chi connectivity index (χ1v) is 11.2. The molecule has 0 aliphatic carbocycles. The Balaban J connectivity index is 1.57. The number of hydrogen-bond donors (Lipinski definition) is 1. The van der Waals surface area contributed by atoms with E-state index in [2.05, 4.69) is 40.4 Å². The van der Waals surface area contributed by atoms with Gasteiger partial charge in [0.25, 0.3) is 5.91 Å². The van der Waals surface area contributed by atoms with Crippen LogP contribution < -0.4 is 5.32 Å². The molecule has 1 amide bonds. The number of aliphatic imine (C=N–C) groups is 1. The van der Waals surface area contributed by atoms with E-state index in [0.29, 0.717) is 12.5 Å². The molecule has 7 heteroatoms. The number of nitrogens with zero attached hydrogens (tertiary/aromatic N) is 5. The predicted octanol–water partition coefficient (Wildman–Crippen LogP) is 3.38. The van der Waals surface area contributed by atoms with Gasteiger partial charge in [0, 0.05) is 64.6 Å². The number of benzene rings is 1. The molecule has 1 aliphatic rings. The van der Waals surface area contributed by atoms with E-state index in [1.807, 2.05) is 47.9 Å². The van der Waals surface area contributed by atoms with Crippen LogP contribution in [0.5, 0.6) is 0 Å². The maximum atomic E-state index is 12.6. The molecule has 2 aromatic rings. The number of guanidine groups is 1. The molecule has 1 aromatic carbocycles. The lowest BCUT2D eigenvalue weighted by atomic mass is 10.1. The van der Waals surface area contributed by atoms with Gasteiger partial charge < -0.3 is 15.1 Å². The lowest BCUT2D eigenvalue weighted by Gasteiger charge is -2.26. The molecule has 1 saturated heterocycles. The molecule has 3 rings (SSSR count). The first kappa shape index (κ1) is 22.8. The van der Waals surface area contributed by atoms with Gasteiger partial charge in [-0.15, -0.1) is 0 Å². The number of carbonyl (C=O) groups is 1. The highest BCUT2D eigenvalue weighted by Crippen LogP contribution is 2.19. The first-order chi connectivity index (χ1) is 14.9. The summed E-state index contributed by atoms with van der Waals surface area (Å²) in [5.74, 6) is 1.35. The van der Waals surface area contributed by atoms with Gasteiger partial charge in [0.2, 0.25) is 0 Å². The summed E-state index contributed by atoms with van der Waals surface area (Å²) in [7, 11) is 5.79. The van der Waals surface area contributed by atoms with Gasteiger partial charge in [-0.1, -0.05) is 26.0 Å². The summed E-state index contributed by atoms with van der Waals surface area (Å²) in [5, 5.41) is 8.02. The van der Waals surface area contributed by atoms with Gasteiger partial charge in [0.05, 0.1) is 5.69 Å². The van der Waals surface area contributed by atoms with Crippen LogP contribution in [0.3, 0.4) is 0 Å². The molecule has 31 heavy (non-hydrogen) atoms. The van der Waals surface area contributed by atoms with Crippen molar-refractivity contribution in [2.24, 2.45) is 12.0 Å². The minimum absolute atomic E-state index is 0.146. The second kappa shape index (κ2) is 10.5. The van der Waals surface area contributed by atoms with Gasteiger partial charge >= 0.3 is 0 Å². The third-order valence-electron chi connectivity index (χ3n) is 5.76. The molecular weight excluding hydrogens is 388 g/mol. The van der Waals surface area contributed by atoms with E-state index in [-0.39, 0.29) is 5.91 Å². The molecule has 168 valence electrons. The van der Waals surface area contributed by atoms with Crippen molar-refractivity contribution in [2.75, 3.05) is 27.2 Å². The van der Waals surface area contributed by atoms with Crippen LogP contribution in [0.25, 0.3) is 0 Å². The monoisotopic (exact) mass is 424 g/mol. The zero-order chi connectivity index (χ0) is 22.4. The maximum absolute atomic E-state index is 12.6. The van der Waals surface area contributed by atoms with E-state index in [1.165, 1.54) is 12.0 Å². The molecule has 1 aromatic heterocycles. The number of rotatable bonds is 6. The topological polar surface area (TPSA) is 65.8 Å². The standard InChI is InChI=1S/C24H36N6O/c1-18(2)22-21(17-29(5)27-22)16-28(4)24(25-3)26-15-19-9-11-20(12-10-19)23(31)30-13-7-6-8-14-30/h9-12,17-18H,6-8,13-16H2,1-5H3,(H,25,26). The third-order valence-corrected chi connectivity index (χ3v) is 5.76. The number of hydrogen-bond acceptors (Lipinski definition) is 3. The van der Waals surface area contributed by atoms with E-state index < -0.39 is 0 Å². The van der Waals surface area contributed by atoms with Crippen molar-refractivity contribution >= 4 is 11.9 Å². The number of nitrogens with one attached hydrogen (secondary N) is 1. The molecule has 0 radical (unpaired) electrons. The molecule has 1 aliphatic heterocycles. The van der Waals surface area contributed by atoms with Gasteiger partial charge in [-0.05, 0) is 42.9 Å². The van der Waals surface area contributed by atoms with Crippen molar-refractivity contribution in [1.82, 2.24) is 24.9 Å². The number of amides is 1. The second-order valence-electron chi connectivity index (χ2n) is 8.67. The van der Waals surface area contributed by atoms with Crippen LogP contribution in [0.15, 0.2) is 35.5 Å². The molecule has 1 fully saturated rings. The Morgan fingerprint density at radius 2 is 1.87 bits per heavy atom. The number of likely N-dealkylation sites (tertiary alicyclic amines) is 1. The van der Waals surface area contributed by atoms with Crippen molar-refractivity contribution in [3.63, 3.8) is 0 Å². The molecular formula is C24H36N6O. The molecule has 0 bridgehead atoms. The first-order valence-electron chi connectivity index (χ1n) is 11.2. The van der Waals surface area contributed by atoms with E-state index >= 15 is 0 Å². The molecule has 7 nitrogen and oxygen atoms in total. The highest BCUT2D eigenvalue weighted by atomic mass is 16.2. The van der Waals surface area contributed by atoms with Crippen LogP contribution in [-0.2, 0) is 20.1 Å². The largest absolute Gasteiger partial charge is 0.352 e. The Kier molecular flexibility index (Phi) is 7.71. The average Bonchev–Trinajstić information content (AvgIpc) is 3.15. The van der Waals surface area contributed by atoms with Crippen LogP contribution in [0, 0.1) is 0 Å². The Morgan fingerprint density at radius 1 is 1.19 bits per heavy atom. The third kappa shape index (κ3) is 5.87. The summed E-state index contributed by atoms with van der Waals surface area (Å²) < 4.78 is 1.88. The fourth-order valence-electron chi connectivity index (χ4n) is 4.10. The van der Waals surface area contributed by atoms with Gasteiger partial charge in [0.1, 0.15) is 0 Å². The molecule has 0 saturated carbocycles. The fourth-order valence-corrected chi connectivity index (χ4v) is 4.10. The molecule has 0 unspecified atom stereocenters. The number of piperidine rings is 1. The molecule has 0 spiro atoms. The summed E-state index contributed by atoms with van der Waals surface area (Å²) in [6.45, 7) is 7.47. The van der Waals surface area contributed by atoms with Crippen molar-refractivity contribution in [3.8, 4) is 0 Å².